The molecule has 1 atom stereocenters. The van der Waals surface area contributed by atoms with E-state index in [2.05, 4.69) is 5.32 Å². The van der Waals surface area contributed by atoms with E-state index in [9.17, 15) is 18.3 Å². The summed E-state index contributed by atoms with van der Waals surface area (Å²) in [6.45, 7) is 5.69. The molecule has 2 N–H and O–H groups in total. The van der Waals surface area contributed by atoms with Crippen LogP contribution >= 0.6 is 0 Å². The lowest BCUT2D eigenvalue weighted by molar-refractivity contribution is 0.157. The molecule has 2 nitrogen and oxygen atoms in total. The van der Waals surface area contributed by atoms with Crippen LogP contribution in [0.2, 0.25) is 0 Å². The molecule has 0 spiro atoms. The Hall–Kier alpha value is -1.07. The molecular formula is C12H16F3NO. The molecule has 1 unspecified atom stereocenters. The first kappa shape index (κ1) is 14.0. The quantitative estimate of drug-likeness (QED) is 0.804. The number of halogens is 3. The maximum Gasteiger partial charge on any atom is 0.194 e. The molecule has 0 amide bonds. The lowest BCUT2D eigenvalue weighted by atomic mass is 10.1. The Morgan fingerprint density at radius 2 is 1.76 bits per heavy atom. The molecule has 0 radical (unpaired) electrons. The molecule has 1 aromatic carbocycles. The molecule has 0 aliphatic rings. The summed E-state index contributed by atoms with van der Waals surface area (Å²) in [4.78, 5) is 0. The van der Waals surface area contributed by atoms with Crippen molar-refractivity contribution in [2.75, 3.05) is 6.54 Å². The Balaban J connectivity index is 2.83. The molecule has 0 aliphatic carbocycles. The Labute approximate surface area is 98.5 Å². The van der Waals surface area contributed by atoms with Crippen molar-refractivity contribution < 1.29 is 18.3 Å². The van der Waals surface area contributed by atoms with E-state index in [4.69, 9.17) is 0 Å². The van der Waals surface area contributed by atoms with Gasteiger partial charge in [0.1, 0.15) is 0 Å². The van der Waals surface area contributed by atoms with E-state index >= 15 is 0 Å². The molecule has 0 heterocycles. The maximum absolute atomic E-state index is 13.3. The van der Waals surface area contributed by atoms with Crippen LogP contribution in [0.3, 0.4) is 0 Å². The van der Waals surface area contributed by atoms with Gasteiger partial charge in [-0.2, -0.15) is 0 Å². The molecule has 1 aromatic rings. The van der Waals surface area contributed by atoms with E-state index in [1.54, 1.807) is 0 Å². The van der Waals surface area contributed by atoms with Gasteiger partial charge in [-0.1, -0.05) is 6.07 Å². The molecule has 96 valence electrons. The SMILES string of the molecule is CC(C)(C)NCC(O)c1ccc(F)c(F)c1F. The van der Waals surface area contributed by atoms with E-state index in [1.165, 1.54) is 0 Å². The van der Waals surface area contributed by atoms with Crippen molar-refractivity contribution in [3.05, 3.63) is 35.1 Å². The fourth-order valence-electron chi connectivity index (χ4n) is 1.31. The third kappa shape index (κ3) is 3.71. The van der Waals surface area contributed by atoms with Gasteiger partial charge in [-0.25, -0.2) is 13.2 Å². The van der Waals surface area contributed by atoms with E-state index < -0.39 is 23.6 Å². The zero-order chi connectivity index (χ0) is 13.2. The number of aliphatic hydroxyl groups is 1. The smallest absolute Gasteiger partial charge is 0.194 e. The highest BCUT2D eigenvalue weighted by Gasteiger charge is 2.20. The summed E-state index contributed by atoms with van der Waals surface area (Å²) in [6.07, 6.45) is -1.22. The average Bonchev–Trinajstić information content (AvgIpc) is 2.22. The fourth-order valence-corrected chi connectivity index (χ4v) is 1.31. The van der Waals surface area contributed by atoms with Gasteiger partial charge in [-0.3, -0.25) is 0 Å². The predicted molar refractivity (Wildman–Crippen MR) is 59.0 cm³/mol. The Bertz CT molecular complexity index is 401. The summed E-state index contributed by atoms with van der Waals surface area (Å²) < 4.78 is 39.0. The van der Waals surface area contributed by atoms with Gasteiger partial charge < -0.3 is 10.4 Å². The van der Waals surface area contributed by atoms with Gasteiger partial charge in [0.15, 0.2) is 17.5 Å². The predicted octanol–water partition coefficient (Wildman–Crippen LogP) is 2.53. The van der Waals surface area contributed by atoms with Crippen LogP contribution in [0.25, 0.3) is 0 Å². The van der Waals surface area contributed by atoms with Gasteiger partial charge in [0.05, 0.1) is 6.10 Å². The summed E-state index contributed by atoms with van der Waals surface area (Å²) in [5.41, 5.74) is -0.503. The summed E-state index contributed by atoms with van der Waals surface area (Å²) in [5, 5.41) is 12.6. The highest BCUT2D eigenvalue weighted by molar-refractivity contribution is 5.22. The van der Waals surface area contributed by atoms with Gasteiger partial charge in [0.2, 0.25) is 0 Å². The molecule has 17 heavy (non-hydrogen) atoms. The molecule has 0 aliphatic heterocycles. The summed E-state index contributed by atoms with van der Waals surface area (Å²) >= 11 is 0. The van der Waals surface area contributed by atoms with Crippen molar-refractivity contribution in [3.8, 4) is 0 Å². The van der Waals surface area contributed by atoms with Crippen LogP contribution in [0.1, 0.15) is 32.4 Å². The van der Waals surface area contributed by atoms with Crippen molar-refractivity contribution in [2.45, 2.75) is 32.4 Å². The van der Waals surface area contributed by atoms with Crippen LogP contribution in [0.4, 0.5) is 13.2 Å². The van der Waals surface area contributed by atoms with Gasteiger partial charge in [0, 0.05) is 17.6 Å². The summed E-state index contributed by atoms with van der Waals surface area (Å²) in [5.74, 6) is -4.16. The first-order valence-electron chi connectivity index (χ1n) is 5.29. The lowest BCUT2D eigenvalue weighted by Crippen LogP contribution is -2.38. The summed E-state index contributed by atoms with van der Waals surface area (Å²) in [6, 6.07) is 1.84. The standard InChI is InChI=1S/C12H16F3NO/c1-12(2,3)16-6-9(17)7-4-5-8(13)11(15)10(7)14/h4-5,9,16-17H,6H2,1-3H3. The zero-order valence-corrected chi connectivity index (χ0v) is 10.0. The Kier molecular flexibility index (Phi) is 4.16. The largest absolute Gasteiger partial charge is 0.387 e. The topological polar surface area (TPSA) is 32.3 Å². The number of nitrogens with one attached hydrogen (secondary N) is 1. The lowest BCUT2D eigenvalue weighted by Gasteiger charge is -2.23. The molecule has 0 aromatic heterocycles. The van der Waals surface area contributed by atoms with Crippen LogP contribution in [-0.4, -0.2) is 17.2 Å². The minimum Gasteiger partial charge on any atom is -0.387 e. The second-order valence-electron chi connectivity index (χ2n) is 4.91. The maximum atomic E-state index is 13.3. The van der Waals surface area contributed by atoms with Gasteiger partial charge in [-0.15, -0.1) is 0 Å². The first-order valence-corrected chi connectivity index (χ1v) is 5.29. The number of hydrogen-bond donors (Lipinski definition) is 2. The van der Waals surface area contributed by atoms with Crippen LogP contribution in [0.5, 0.6) is 0 Å². The van der Waals surface area contributed by atoms with Gasteiger partial charge >= 0.3 is 0 Å². The number of β-amino-alcohol motifs (C(OH)–C–C–N with tert-alkyl or cyclic N) is 1. The third-order valence-electron chi connectivity index (χ3n) is 2.25. The number of hydrogen-bond acceptors (Lipinski definition) is 2. The molecule has 0 saturated carbocycles. The van der Waals surface area contributed by atoms with Gasteiger partial charge in [0.25, 0.3) is 0 Å². The summed E-state index contributed by atoms with van der Waals surface area (Å²) in [7, 11) is 0. The van der Waals surface area contributed by atoms with Crippen molar-refractivity contribution in [1.29, 1.82) is 0 Å². The normalized spacial score (nSPS) is 13.8. The van der Waals surface area contributed by atoms with Gasteiger partial charge in [-0.05, 0) is 26.8 Å². The van der Waals surface area contributed by atoms with Crippen LogP contribution in [0, 0.1) is 17.5 Å². The van der Waals surface area contributed by atoms with E-state index in [-0.39, 0.29) is 17.6 Å². The van der Waals surface area contributed by atoms with Crippen molar-refractivity contribution in [1.82, 2.24) is 5.32 Å². The molecular weight excluding hydrogens is 231 g/mol. The van der Waals surface area contributed by atoms with Crippen LogP contribution in [-0.2, 0) is 0 Å². The molecule has 0 bridgehead atoms. The second-order valence-corrected chi connectivity index (χ2v) is 4.91. The highest BCUT2D eigenvalue weighted by Crippen LogP contribution is 2.21. The third-order valence-corrected chi connectivity index (χ3v) is 2.25. The minimum atomic E-state index is -1.56. The Morgan fingerprint density at radius 1 is 1.18 bits per heavy atom. The number of benzene rings is 1. The van der Waals surface area contributed by atoms with Crippen LogP contribution in [0.15, 0.2) is 12.1 Å². The number of rotatable bonds is 3. The van der Waals surface area contributed by atoms with Crippen molar-refractivity contribution in [2.24, 2.45) is 0 Å². The van der Waals surface area contributed by atoms with Crippen LogP contribution < -0.4 is 5.32 Å². The highest BCUT2D eigenvalue weighted by atomic mass is 19.2. The zero-order valence-electron chi connectivity index (χ0n) is 10.0. The van der Waals surface area contributed by atoms with E-state index in [0.29, 0.717) is 0 Å². The first-order chi connectivity index (χ1) is 7.72. The minimum absolute atomic E-state index is 0.0610. The average molecular weight is 247 g/mol. The van der Waals surface area contributed by atoms with Crippen molar-refractivity contribution >= 4 is 0 Å². The molecule has 0 saturated heterocycles. The van der Waals surface area contributed by atoms with E-state index in [0.717, 1.165) is 12.1 Å². The fraction of sp³-hybridized carbons (Fsp3) is 0.500. The second kappa shape index (κ2) is 5.06. The monoisotopic (exact) mass is 247 g/mol. The van der Waals surface area contributed by atoms with Crippen molar-refractivity contribution in [3.63, 3.8) is 0 Å². The molecule has 0 fully saturated rings. The number of aliphatic hydroxyl groups excluding tert-OH is 1. The molecule has 1 rings (SSSR count). The van der Waals surface area contributed by atoms with E-state index in [1.807, 2.05) is 20.8 Å². The molecule has 5 heteroatoms. The Morgan fingerprint density at radius 3 is 2.29 bits per heavy atom.